The lowest BCUT2D eigenvalue weighted by molar-refractivity contribution is -0.0603. The molecule has 0 saturated heterocycles. The smallest absolute Gasteiger partial charge is 0.328 e. The van der Waals surface area contributed by atoms with E-state index in [1.165, 1.54) is 43.2 Å². The maximum absolute atomic E-state index is 15.1. The molecule has 3 aromatic rings. The van der Waals surface area contributed by atoms with Crippen LogP contribution in [0.1, 0.15) is 32.5 Å². The van der Waals surface area contributed by atoms with Gasteiger partial charge >= 0.3 is 12.2 Å². The van der Waals surface area contributed by atoms with Gasteiger partial charge in [0.25, 0.3) is 0 Å². The van der Waals surface area contributed by atoms with E-state index >= 15 is 4.39 Å². The second kappa shape index (κ2) is 10.8. The number of halogens is 7. The Bertz CT molecular complexity index is 1310. The quantitative estimate of drug-likeness (QED) is 0.215. The minimum Gasteiger partial charge on any atom is -0.328 e. The molecule has 1 N–H and O–H groups in total. The predicted octanol–water partition coefficient (Wildman–Crippen LogP) is 6.55. The molecular formula is C22H19Cl2F5N6O. The molecule has 0 aliphatic carbocycles. The van der Waals surface area contributed by atoms with Gasteiger partial charge in [-0.1, -0.05) is 23.2 Å². The van der Waals surface area contributed by atoms with Gasteiger partial charge in [-0.3, -0.25) is 4.98 Å². The second-order valence-corrected chi connectivity index (χ2v) is 8.42. The van der Waals surface area contributed by atoms with Gasteiger partial charge in [-0.15, -0.1) is 0 Å². The van der Waals surface area contributed by atoms with E-state index in [-0.39, 0.29) is 39.1 Å². The molecule has 0 spiro atoms. The number of pyridine rings is 1. The molecule has 14 heteroatoms. The molecule has 0 aliphatic rings. The number of alkyl halides is 3. The fraction of sp³-hybridized carbons (Fsp3) is 0.273. The molecule has 0 aliphatic heterocycles. The number of urea groups is 1. The van der Waals surface area contributed by atoms with Crippen molar-refractivity contribution >= 4 is 34.9 Å². The zero-order chi connectivity index (χ0) is 26.8. The minimum atomic E-state index is -4.71. The fourth-order valence-electron chi connectivity index (χ4n) is 3.18. The number of nitrogens with zero attached hydrogens (tertiary/aromatic N) is 5. The van der Waals surface area contributed by atoms with Crippen LogP contribution >= 0.6 is 23.2 Å². The molecule has 0 bridgehead atoms. The first kappa shape index (κ1) is 27.3. The number of benzene rings is 1. The van der Waals surface area contributed by atoms with E-state index in [4.69, 9.17) is 23.2 Å². The van der Waals surface area contributed by atoms with Gasteiger partial charge in [0.2, 0.25) is 0 Å². The van der Waals surface area contributed by atoms with Crippen LogP contribution in [-0.4, -0.2) is 44.2 Å². The lowest BCUT2D eigenvalue weighted by atomic mass is 10.0. The molecule has 0 saturated carbocycles. The Morgan fingerprint density at radius 3 is 2.42 bits per heavy atom. The number of aromatic nitrogens is 3. The summed E-state index contributed by atoms with van der Waals surface area (Å²) in [6.45, 7) is 3.39. The van der Waals surface area contributed by atoms with E-state index in [1.807, 2.05) is 0 Å². The Morgan fingerprint density at radius 1 is 1.17 bits per heavy atom. The monoisotopic (exact) mass is 548 g/mol. The third kappa shape index (κ3) is 6.11. The van der Waals surface area contributed by atoms with E-state index in [0.29, 0.717) is 5.01 Å². The first-order valence-electron chi connectivity index (χ1n) is 10.4. The normalized spacial score (nSPS) is 13.0. The molecule has 1 atom stereocenters. The van der Waals surface area contributed by atoms with Crippen LogP contribution in [0.3, 0.4) is 0 Å². The third-order valence-electron chi connectivity index (χ3n) is 4.95. The Hall–Kier alpha value is -3.25. The van der Waals surface area contributed by atoms with Crippen molar-refractivity contribution in [3.8, 4) is 16.8 Å². The summed E-state index contributed by atoms with van der Waals surface area (Å²) in [5.74, 6) is -1.60. The predicted molar refractivity (Wildman–Crippen MR) is 125 cm³/mol. The number of nitrogens with one attached hydrogen (secondary N) is 1. The Balaban J connectivity index is 1.90. The molecular weight excluding hydrogens is 530 g/mol. The molecule has 2 heterocycles. The summed E-state index contributed by atoms with van der Waals surface area (Å²) >= 11 is 11.9. The first-order valence-corrected chi connectivity index (χ1v) is 11.1. The van der Waals surface area contributed by atoms with Gasteiger partial charge in [0.15, 0.2) is 5.82 Å². The lowest BCUT2D eigenvalue weighted by Crippen LogP contribution is -2.39. The highest BCUT2D eigenvalue weighted by atomic mass is 35.5. The van der Waals surface area contributed by atoms with Gasteiger partial charge in [0.1, 0.15) is 17.2 Å². The third-order valence-corrected chi connectivity index (χ3v) is 5.37. The Labute approximate surface area is 212 Å². The number of hydrogen-bond donors (Lipinski definition) is 1. The minimum absolute atomic E-state index is 0.0434. The standard InChI is InChI=1S/C22H19Cl2F5N6O/c1-4-34(33-12(3)22(27,28)29)21(36)32-11(2)19-17(25)5-13(8-30-19)16-6-14(23)7-18(26)20(16)35-10-15(24)9-31-35/h5-11H,4H2,1-3H3,(H,32,36). The van der Waals surface area contributed by atoms with Crippen molar-refractivity contribution in [3.63, 3.8) is 0 Å². The van der Waals surface area contributed by atoms with Crippen molar-refractivity contribution in [2.75, 3.05) is 6.54 Å². The Kier molecular flexibility index (Phi) is 8.19. The van der Waals surface area contributed by atoms with E-state index < -0.39 is 35.6 Å². The molecule has 36 heavy (non-hydrogen) atoms. The van der Waals surface area contributed by atoms with Crippen LogP contribution in [0.2, 0.25) is 10.0 Å². The summed E-state index contributed by atoms with van der Waals surface area (Å²) in [4.78, 5) is 16.5. The highest BCUT2D eigenvalue weighted by molar-refractivity contribution is 6.31. The summed E-state index contributed by atoms with van der Waals surface area (Å²) in [6.07, 6.45) is -0.811. The first-order chi connectivity index (χ1) is 16.8. The number of amides is 2. The van der Waals surface area contributed by atoms with E-state index in [2.05, 4.69) is 20.5 Å². The fourth-order valence-corrected chi connectivity index (χ4v) is 3.52. The maximum atomic E-state index is 15.1. The van der Waals surface area contributed by atoms with Crippen LogP contribution in [0.15, 0.2) is 41.9 Å². The largest absolute Gasteiger partial charge is 0.430 e. The molecule has 0 fully saturated rings. The molecule has 7 nitrogen and oxygen atoms in total. The highest BCUT2D eigenvalue weighted by Gasteiger charge is 2.33. The van der Waals surface area contributed by atoms with Crippen molar-refractivity contribution in [2.45, 2.75) is 33.0 Å². The maximum Gasteiger partial charge on any atom is 0.430 e. The van der Waals surface area contributed by atoms with Gasteiger partial charge < -0.3 is 5.32 Å². The molecule has 3 rings (SSSR count). The van der Waals surface area contributed by atoms with Gasteiger partial charge in [-0.2, -0.15) is 23.4 Å². The van der Waals surface area contributed by atoms with Crippen molar-refractivity contribution in [3.05, 3.63) is 64.2 Å². The van der Waals surface area contributed by atoms with Crippen LogP contribution in [0, 0.1) is 11.6 Å². The van der Waals surface area contributed by atoms with Crippen LogP contribution in [0.5, 0.6) is 0 Å². The summed E-state index contributed by atoms with van der Waals surface area (Å²) < 4.78 is 69.3. The molecule has 1 aromatic carbocycles. The summed E-state index contributed by atoms with van der Waals surface area (Å²) in [6, 6.07) is 1.51. The summed E-state index contributed by atoms with van der Waals surface area (Å²) in [7, 11) is 0. The average Bonchev–Trinajstić information content (AvgIpc) is 3.21. The lowest BCUT2D eigenvalue weighted by Gasteiger charge is -2.21. The summed E-state index contributed by atoms with van der Waals surface area (Å²) in [5.41, 5.74) is -1.14. The van der Waals surface area contributed by atoms with Gasteiger partial charge in [0.05, 0.1) is 23.0 Å². The SMILES string of the molecule is CCN(N=C(C)C(F)(F)F)C(=O)NC(C)c1ncc(-c2cc(Cl)cc(F)c2-n2cc(Cl)cn2)cc1F. The van der Waals surface area contributed by atoms with E-state index in [9.17, 15) is 22.4 Å². The van der Waals surface area contributed by atoms with Crippen molar-refractivity contribution < 1.29 is 26.7 Å². The molecule has 192 valence electrons. The van der Waals surface area contributed by atoms with Crippen LogP contribution in [-0.2, 0) is 0 Å². The molecule has 0 radical (unpaired) electrons. The number of carbonyl (C=O) groups is 1. The van der Waals surface area contributed by atoms with Gasteiger partial charge in [-0.25, -0.2) is 23.3 Å². The molecule has 2 amide bonds. The van der Waals surface area contributed by atoms with Gasteiger partial charge in [-0.05, 0) is 39.0 Å². The van der Waals surface area contributed by atoms with Crippen LogP contribution < -0.4 is 5.32 Å². The van der Waals surface area contributed by atoms with Crippen molar-refractivity contribution in [2.24, 2.45) is 5.10 Å². The van der Waals surface area contributed by atoms with E-state index in [0.717, 1.165) is 19.1 Å². The number of carbonyl (C=O) groups excluding carboxylic acids is 1. The van der Waals surface area contributed by atoms with E-state index in [1.54, 1.807) is 0 Å². The second-order valence-electron chi connectivity index (χ2n) is 7.55. The number of hydrazone groups is 1. The number of hydrogen-bond acceptors (Lipinski definition) is 4. The number of rotatable bonds is 6. The summed E-state index contributed by atoms with van der Waals surface area (Å²) in [5, 5.41) is 10.5. The van der Waals surface area contributed by atoms with Crippen LogP contribution in [0.4, 0.5) is 26.7 Å². The zero-order valence-corrected chi connectivity index (χ0v) is 20.6. The molecule has 1 unspecified atom stereocenters. The Morgan fingerprint density at radius 2 is 1.86 bits per heavy atom. The topological polar surface area (TPSA) is 75.4 Å². The zero-order valence-electron chi connectivity index (χ0n) is 19.0. The van der Waals surface area contributed by atoms with Crippen molar-refractivity contribution in [1.82, 2.24) is 25.1 Å². The highest BCUT2D eigenvalue weighted by Crippen LogP contribution is 2.33. The average molecular weight is 549 g/mol. The van der Waals surface area contributed by atoms with Crippen molar-refractivity contribution in [1.29, 1.82) is 0 Å². The van der Waals surface area contributed by atoms with Crippen LogP contribution in [0.25, 0.3) is 16.8 Å². The van der Waals surface area contributed by atoms with Gasteiger partial charge in [0, 0.05) is 35.1 Å². The molecule has 2 aromatic heterocycles.